The molecule has 0 amide bonds. The normalized spacial score (nSPS) is 14.9. The van der Waals surface area contributed by atoms with Crippen LogP contribution in [0.25, 0.3) is 33.7 Å². The molecule has 3 N–H and O–H groups in total. The molecule has 0 bridgehead atoms. The molecule has 1 aromatic heterocycles. The second-order valence-corrected chi connectivity index (χ2v) is 9.60. The number of hydrogen-bond donors (Lipinski definition) is 3. The number of likely N-dealkylation sites (tertiary alicyclic amines) is 1. The third-order valence-electron chi connectivity index (χ3n) is 6.79. The van der Waals surface area contributed by atoms with E-state index in [-0.39, 0.29) is 12.7 Å². The van der Waals surface area contributed by atoms with E-state index in [2.05, 4.69) is 34.5 Å². The van der Waals surface area contributed by atoms with Crippen LogP contribution in [0.15, 0.2) is 71.1 Å². The summed E-state index contributed by atoms with van der Waals surface area (Å²) in [6.45, 7) is 4.96. The van der Waals surface area contributed by atoms with Crippen LogP contribution in [-0.2, 0) is 6.54 Å². The fourth-order valence-corrected chi connectivity index (χ4v) is 4.74. The first-order chi connectivity index (χ1) is 18.2. The van der Waals surface area contributed by atoms with Gasteiger partial charge in [-0.2, -0.15) is 0 Å². The molecule has 0 spiro atoms. The van der Waals surface area contributed by atoms with Crippen LogP contribution >= 0.6 is 0 Å². The molecule has 7 nitrogen and oxygen atoms in total. The van der Waals surface area contributed by atoms with Crippen molar-refractivity contribution in [1.82, 2.24) is 15.2 Å². The molecule has 1 aliphatic rings. The van der Waals surface area contributed by atoms with E-state index in [0.29, 0.717) is 25.6 Å². The number of nitrogens with one attached hydrogen (secondary N) is 1. The average molecular weight is 502 g/mol. The molecule has 37 heavy (non-hydrogen) atoms. The molecule has 0 radical (unpaired) electrons. The summed E-state index contributed by atoms with van der Waals surface area (Å²) >= 11 is 0. The number of aliphatic hydroxyl groups excluding tert-OH is 2. The number of fused-ring (bicyclic) bond motifs is 1. The van der Waals surface area contributed by atoms with Gasteiger partial charge in [-0.3, -0.25) is 0 Å². The lowest BCUT2D eigenvalue weighted by Crippen LogP contribution is -2.36. The van der Waals surface area contributed by atoms with Crippen LogP contribution in [0.2, 0.25) is 0 Å². The average Bonchev–Trinajstić information content (AvgIpc) is 3.36. The predicted molar refractivity (Wildman–Crippen MR) is 145 cm³/mol. The summed E-state index contributed by atoms with van der Waals surface area (Å²) in [6.07, 6.45) is 2.57. The molecule has 0 aliphatic carbocycles. The molecular formula is C30H35N3O4. The molecule has 0 unspecified atom stereocenters. The van der Waals surface area contributed by atoms with Crippen molar-refractivity contribution in [3.63, 3.8) is 0 Å². The van der Waals surface area contributed by atoms with Gasteiger partial charge < -0.3 is 29.6 Å². The van der Waals surface area contributed by atoms with Crippen LogP contribution in [0, 0.1) is 0 Å². The molecule has 1 saturated heterocycles. The molecular weight excluding hydrogens is 466 g/mol. The number of aromatic nitrogens is 1. The van der Waals surface area contributed by atoms with E-state index in [1.165, 1.54) is 0 Å². The van der Waals surface area contributed by atoms with Crippen LogP contribution < -0.4 is 10.1 Å². The zero-order valence-corrected chi connectivity index (χ0v) is 21.1. The third-order valence-corrected chi connectivity index (χ3v) is 6.79. The van der Waals surface area contributed by atoms with Gasteiger partial charge in [0.25, 0.3) is 0 Å². The van der Waals surface area contributed by atoms with Crippen LogP contribution in [0.1, 0.15) is 24.8 Å². The second kappa shape index (κ2) is 12.3. The lowest BCUT2D eigenvalue weighted by Gasteiger charge is -2.29. The van der Waals surface area contributed by atoms with Crippen molar-refractivity contribution in [3.8, 4) is 28.3 Å². The highest BCUT2D eigenvalue weighted by atomic mass is 16.5. The number of benzene rings is 3. The quantitative estimate of drug-likeness (QED) is 0.261. The maximum absolute atomic E-state index is 9.65. The summed E-state index contributed by atoms with van der Waals surface area (Å²) in [5, 5.41) is 21.8. The molecule has 0 atom stereocenters. The lowest BCUT2D eigenvalue weighted by molar-refractivity contribution is 0.0800. The van der Waals surface area contributed by atoms with Gasteiger partial charge in [-0.05, 0) is 72.4 Å². The summed E-state index contributed by atoms with van der Waals surface area (Å²) in [6, 6.07) is 22.3. The number of aliphatic hydroxyl groups is 2. The van der Waals surface area contributed by atoms with Crippen LogP contribution in [0.4, 0.5) is 0 Å². The fourth-order valence-electron chi connectivity index (χ4n) is 4.74. The SMILES string of the molecule is OCCNCc1cccc(-c2nc3ccc(-c4cccc(OCCCN5CCC(O)CC5)c4)cc3o2)c1. The van der Waals surface area contributed by atoms with E-state index in [0.717, 1.165) is 78.0 Å². The monoisotopic (exact) mass is 501 g/mol. The Morgan fingerprint density at radius 3 is 2.65 bits per heavy atom. The highest BCUT2D eigenvalue weighted by Crippen LogP contribution is 2.30. The van der Waals surface area contributed by atoms with E-state index in [9.17, 15) is 5.11 Å². The Morgan fingerprint density at radius 2 is 1.78 bits per heavy atom. The number of rotatable bonds is 11. The summed E-state index contributed by atoms with van der Waals surface area (Å²) in [5.41, 5.74) is 5.72. The largest absolute Gasteiger partial charge is 0.494 e. The minimum Gasteiger partial charge on any atom is -0.494 e. The Balaban J connectivity index is 1.23. The maximum atomic E-state index is 9.65. The molecule has 3 aromatic carbocycles. The Bertz CT molecular complexity index is 1300. The van der Waals surface area contributed by atoms with Gasteiger partial charge >= 0.3 is 0 Å². The third kappa shape index (κ3) is 6.76. The maximum Gasteiger partial charge on any atom is 0.227 e. The van der Waals surface area contributed by atoms with Gasteiger partial charge in [0.1, 0.15) is 11.3 Å². The van der Waals surface area contributed by atoms with Gasteiger partial charge in [-0.15, -0.1) is 0 Å². The Hall–Kier alpha value is -3.23. The van der Waals surface area contributed by atoms with Crippen molar-refractivity contribution in [2.45, 2.75) is 31.9 Å². The molecule has 194 valence electrons. The number of piperidine rings is 1. The van der Waals surface area contributed by atoms with E-state index < -0.39 is 0 Å². The fraction of sp³-hybridized carbons (Fsp3) is 0.367. The van der Waals surface area contributed by atoms with E-state index in [1.807, 2.05) is 42.5 Å². The van der Waals surface area contributed by atoms with Gasteiger partial charge in [0.15, 0.2) is 5.58 Å². The van der Waals surface area contributed by atoms with Gasteiger partial charge in [-0.1, -0.05) is 30.3 Å². The van der Waals surface area contributed by atoms with Crippen molar-refractivity contribution in [1.29, 1.82) is 0 Å². The summed E-state index contributed by atoms with van der Waals surface area (Å²) in [4.78, 5) is 7.10. The number of hydrogen-bond acceptors (Lipinski definition) is 7. The smallest absolute Gasteiger partial charge is 0.227 e. The Kier molecular flexibility index (Phi) is 8.48. The molecule has 1 aliphatic heterocycles. The molecule has 4 aromatic rings. The Morgan fingerprint density at radius 1 is 0.973 bits per heavy atom. The van der Waals surface area contributed by atoms with Crippen LogP contribution in [0.5, 0.6) is 5.75 Å². The zero-order chi connectivity index (χ0) is 25.5. The zero-order valence-electron chi connectivity index (χ0n) is 21.1. The standard InChI is InChI=1S/C30H35N3O4/c34-16-12-31-21-22-4-1-6-25(18-22)30-32-28-9-8-24(20-29(28)37-30)23-5-2-7-27(19-23)36-17-3-13-33-14-10-26(35)11-15-33/h1-2,4-9,18-20,26,31,34-35H,3,10-17,21H2. The van der Waals surface area contributed by atoms with E-state index >= 15 is 0 Å². The highest BCUT2D eigenvalue weighted by molar-refractivity contribution is 5.82. The lowest BCUT2D eigenvalue weighted by atomic mass is 10.1. The van der Waals surface area contributed by atoms with Gasteiger partial charge in [0.05, 0.1) is 19.3 Å². The number of oxazole rings is 1. The van der Waals surface area contributed by atoms with Crippen molar-refractivity contribution in [2.75, 3.05) is 39.4 Å². The first kappa shape index (κ1) is 25.4. The number of nitrogens with zero attached hydrogens (tertiary/aromatic N) is 2. The summed E-state index contributed by atoms with van der Waals surface area (Å²) < 4.78 is 12.2. The van der Waals surface area contributed by atoms with E-state index in [1.54, 1.807) is 0 Å². The highest BCUT2D eigenvalue weighted by Gasteiger charge is 2.16. The van der Waals surface area contributed by atoms with Crippen LogP contribution in [-0.4, -0.2) is 65.6 Å². The van der Waals surface area contributed by atoms with Crippen molar-refractivity contribution < 1.29 is 19.4 Å². The van der Waals surface area contributed by atoms with E-state index in [4.69, 9.17) is 19.2 Å². The van der Waals surface area contributed by atoms with Gasteiger partial charge in [0, 0.05) is 38.3 Å². The van der Waals surface area contributed by atoms with Gasteiger partial charge in [0.2, 0.25) is 5.89 Å². The molecule has 1 fully saturated rings. The summed E-state index contributed by atoms with van der Waals surface area (Å²) in [7, 11) is 0. The first-order valence-corrected chi connectivity index (χ1v) is 13.1. The van der Waals surface area contributed by atoms with Crippen molar-refractivity contribution in [3.05, 3.63) is 72.3 Å². The summed E-state index contributed by atoms with van der Waals surface area (Å²) in [5.74, 6) is 1.45. The minimum absolute atomic E-state index is 0.118. The van der Waals surface area contributed by atoms with Crippen LogP contribution in [0.3, 0.4) is 0 Å². The minimum atomic E-state index is -0.130. The molecule has 2 heterocycles. The molecule has 0 saturated carbocycles. The topological polar surface area (TPSA) is 91.0 Å². The van der Waals surface area contributed by atoms with Crippen molar-refractivity contribution >= 4 is 11.1 Å². The molecule has 7 heteroatoms. The van der Waals surface area contributed by atoms with Gasteiger partial charge in [-0.25, -0.2) is 4.98 Å². The molecule has 5 rings (SSSR count). The first-order valence-electron chi connectivity index (χ1n) is 13.1. The number of ether oxygens (including phenoxy) is 1. The Labute approximate surface area is 217 Å². The second-order valence-electron chi connectivity index (χ2n) is 9.60. The van der Waals surface area contributed by atoms with Crippen molar-refractivity contribution in [2.24, 2.45) is 0 Å². The predicted octanol–water partition coefficient (Wildman–Crippen LogP) is 4.47.